The molecule has 8 heteroatoms. The second-order valence-electron chi connectivity index (χ2n) is 5.85. The van der Waals surface area contributed by atoms with Crippen molar-refractivity contribution >= 4 is 22.5 Å². The van der Waals surface area contributed by atoms with Crippen molar-refractivity contribution in [2.24, 2.45) is 10.2 Å². The summed E-state index contributed by atoms with van der Waals surface area (Å²) in [6, 6.07) is 13.0. The van der Waals surface area contributed by atoms with Gasteiger partial charge in [-0.1, -0.05) is 30.3 Å². The molecule has 0 spiro atoms. The molecule has 1 N–H and O–H groups in total. The molecule has 3 aromatic rings. The molecule has 0 fully saturated rings. The minimum absolute atomic E-state index is 0.0403. The quantitative estimate of drug-likeness (QED) is 0.465. The predicted octanol–water partition coefficient (Wildman–Crippen LogP) is 4.21. The maximum atomic E-state index is 13.5. The summed E-state index contributed by atoms with van der Waals surface area (Å²) in [6.45, 7) is 2.86. The molecule has 0 saturated heterocycles. The summed E-state index contributed by atoms with van der Waals surface area (Å²) in [5.41, 5.74) is 0.940. The minimum atomic E-state index is -0.700. The van der Waals surface area contributed by atoms with Crippen LogP contribution in [0.3, 0.4) is 0 Å². The Labute approximate surface area is 161 Å². The molecule has 7 nitrogen and oxygen atoms in total. The molecule has 0 bridgehead atoms. The van der Waals surface area contributed by atoms with E-state index in [1.54, 1.807) is 22.8 Å². The number of ether oxygens (including phenoxy) is 2. The number of aromatic nitrogens is 1. The Morgan fingerprint density at radius 3 is 2.71 bits per heavy atom. The van der Waals surface area contributed by atoms with Crippen molar-refractivity contribution in [2.45, 2.75) is 13.5 Å². The summed E-state index contributed by atoms with van der Waals surface area (Å²) in [5, 5.41) is 18.7. The zero-order chi connectivity index (χ0) is 19.9. The van der Waals surface area contributed by atoms with Crippen molar-refractivity contribution in [1.82, 2.24) is 4.57 Å². The van der Waals surface area contributed by atoms with Crippen LogP contribution < -0.4 is 4.74 Å². The highest BCUT2D eigenvalue weighted by atomic mass is 19.1. The number of hydrogen-bond donors (Lipinski definition) is 1. The molecule has 1 aromatic heterocycles. The van der Waals surface area contributed by atoms with Crippen LogP contribution in [0.1, 0.15) is 6.92 Å². The molecule has 0 aliphatic carbocycles. The first-order chi connectivity index (χ1) is 13.6. The highest BCUT2D eigenvalue weighted by Crippen LogP contribution is 2.38. The Hall–Kier alpha value is -3.26. The molecule has 0 aliphatic heterocycles. The van der Waals surface area contributed by atoms with Gasteiger partial charge in [-0.15, -0.1) is 10.2 Å². The molecule has 0 saturated carbocycles. The molecule has 146 valence electrons. The number of rotatable bonds is 8. The van der Waals surface area contributed by atoms with Gasteiger partial charge in [0.25, 0.3) is 0 Å². The summed E-state index contributed by atoms with van der Waals surface area (Å²) < 4.78 is 25.6. The highest BCUT2D eigenvalue weighted by Gasteiger charge is 2.16. The monoisotopic (exact) mass is 385 g/mol. The van der Waals surface area contributed by atoms with Crippen LogP contribution in [0.15, 0.2) is 58.8 Å². The van der Waals surface area contributed by atoms with E-state index in [9.17, 15) is 14.3 Å². The third-order valence-corrected chi connectivity index (χ3v) is 4.03. The van der Waals surface area contributed by atoms with Crippen LogP contribution in [-0.2, 0) is 16.1 Å². The third-order valence-electron chi connectivity index (χ3n) is 4.03. The van der Waals surface area contributed by atoms with Gasteiger partial charge in [-0.3, -0.25) is 4.79 Å². The van der Waals surface area contributed by atoms with Gasteiger partial charge in [-0.05, 0) is 25.1 Å². The van der Waals surface area contributed by atoms with E-state index in [-0.39, 0.29) is 17.3 Å². The van der Waals surface area contributed by atoms with E-state index in [4.69, 9.17) is 9.47 Å². The Bertz CT molecular complexity index is 1000. The van der Waals surface area contributed by atoms with Crippen LogP contribution >= 0.6 is 0 Å². The summed E-state index contributed by atoms with van der Waals surface area (Å²) in [4.78, 5) is 11.9. The third kappa shape index (κ3) is 4.34. The minimum Gasteiger partial charge on any atom is -0.493 e. The van der Waals surface area contributed by atoms with Crippen molar-refractivity contribution in [3.8, 4) is 11.6 Å². The lowest BCUT2D eigenvalue weighted by atomic mass is 10.2. The van der Waals surface area contributed by atoms with Crippen molar-refractivity contribution < 1.29 is 23.8 Å². The molecule has 2 aromatic carbocycles. The zero-order valence-electron chi connectivity index (χ0n) is 15.3. The number of carbonyl (C=O) groups excluding carboxylic acids is 1. The number of azo groups is 1. The number of amides is 1. The lowest BCUT2D eigenvalue weighted by Crippen LogP contribution is -2.08. The number of nitrogens with zero attached hydrogens (tertiary/aromatic N) is 3. The summed E-state index contributed by atoms with van der Waals surface area (Å²) in [6.07, 6.45) is 0. The molecule has 1 amide bonds. The standard InChI is InChI=1S/C20H20FN3O4/c1-2-27-12-11-24-16-9-5-3-7-14(16)19(20(24)26)23-22-18(25)13-28-17-10-6-4-8-15(17)21/h3-10,26H,2,11-13H2,1H3. The van der Waals surface area contributed by atoms with Gasteiger partial charge in [-0.2, -0.15) is 0 Å². The number of hydrogen-bond acceptors (Lipinski definition) is 5. The molecule has 0 radical (unpaired) electrons. The average Bonchev–Trinajstić information content (AvgIpc) is 2.97. The first-order valence-electron chi connectivity index (χ1n) is 8.81. The van der Waals surface area contributed by atoms with Gasteiger partial charge in [0.2, 0.25) is 5.88 Å². The van der Waals surface area contributed by atoms with Gasteiger partial charge >= 0.3 is 5.91 Å². The summed E-state index contributed by atoms with van der Waals surface area (Å²) >= 11 is 0. The highest BCUT2D eigenvalue weighted by molar-refractivity contribution is 5.95. The molecular weight excluding hydrogens is 365 g/mol. The predicted molar refractivity (Wildman–Crippen MR) is 102 cm³/mol. The molecule has 28 heavy (non-hydrogen) atoms. The Morgan fingerprint density at radius 1 is 1.18 bits per heavy atom. The largest absolute Gasteiger partial charge is 0.493 e. The van der Waals surface area contributed by atoms with Crippen LogP contribution in [-0.4, -0.2) is 35.4 Å². The van der Waals surface area contributed by atoms with E-state index < -0.39 is 18.3 Å². The van der Waals surface area contributed by atoms with Crippen LogP contribution in [0.25, 0.3) is 10.9 Å². The fourth-order valence-corrected chi connectivity index (χ4v) is 2.73. The maximum Gasteiger partial charge on any atom is 0.302 e. The second-order valence-corrected chi connectivity index (χ2v) is 5.85. The fourth-order valence-electron chi connectivity index (χ4n) is 2.73. The zero-order valence-corrected chi connectivity index (χ0v) is 15.3. The molecule has 3 rings (SSSR count). The Morgan fingerprint density at radius 2 is 1.93 bits per heavy atom. The van der Waals surface area contributed by atoms with Crippen LogP contribution in [0.4, 0.5) is 10.1 Å². The van der Waals surface area contributed by atoms with Crippen LogP contribution in [0, 0.1) is 5.82 Å². The average molecular weight is 385 g/mol. The van der Waals surface area contributed by atoms with Crippen molar-refractivity contribution in [2.75, 3.05) is 19.8 Å². The molecule has 1 heterocycles. The number of halogens is 1. The van der Waals surface area contributed by atoms with Crippen molar-refractivity contribution in [3.05, 3.63) is 54.3 Å². The smallest absolute Gasteiger partial charge is 0.302 e. The lowest BCUT2D eigenvalue weighted by molar-refractivity contribution is -0.120. The van der Waals surface area contributed by atoms with E-state index in [2.05, 4.69) is 10.2 Å². The van der Waals surface area contributed by atoms with Gasteiger partial charge in [0.15, 0.2) is 23.9 Å². The normalized spacial score (nSPS) is 11.4. The van der Waals surface area contributed by atoms with E-state index >= 15 is 0 Å². The molecule has 0 atom stereocenters. The number of fused-ring (bicyclic) bond motifs is 1. The Kier molecular flexibility index (Phi) is 6.33. The topological polar surface area (TPSA) is 85.4 Å². The van der Waals surface area contributed by atoms with E-state index in [1.165, 1.54) is 18.2 Å². The number of aromatic hydroxyl groups is 1. The van der Waals surface area contributed by atoms with Gasteiger partial charge < -0.3 is 19.1 Å². The number of benzene rings is 2. The maximum absolute atomic E-state index is 13.5. The lowest BCUT2D eigenvalue weighted by Gasteiger charge is -2.06. The molecule has 0 unspecified atom stereocenters. The van der Waals surface area contributed by atoms with Crippen molar-refractivity contribution in [1.29, 1.82) is 0 Å². The SMILES string of the molecule is CCOCCn1c(O)c(N=NC(=O)COc2ccccc2F)c2ccccc21. The summed E-state index contributed by atoms with van der Waals surface area (Å²) in [5.74, 6) is -1.41. The molecular formula is C20H20FN3O4. The van der Waals surface area contributed by atoms with Crippen LogP contribution in [0.2, 0.25) is 0 Å². The van der Waals surface area contributed by atoms with Crippen LogP contribution in [0.5, 0.6) is 11.6 Å². The van der Waals surface area contributed by atoms with E-state index in [0.717, 1.165) is 5.52 Å². The van der Waals surface area contributed by atoms with E-state index in [0.29, 0.717) is 25.1 Å². The van der Waals surface area contributed by atoms with Crippen molar-refractivity contribution in [3.63, 3.8) is 0 Å². The summed E-state index contributed by atoms with van der Waals surface area (Å²) in [7, 11) is 0. The van der Waals surface area contributed by atoms with Gasteiger partial charge in [0.1, 0.15) is 0 Å². The number of carbonyl (C=O) groups is 1. The first kappa shape index (κ1) is 19.5. The number of para-hydroxylation sites is 2. The Balaban J connectivity index is 1.76. The second kappa shape index (κ2) is 9.09. The first-order valence-corrected chi connectivity index (χ1v) is 8.81. The van der Waals surface area contributed by atoms with Gasteiger partial charge in [-0.25, -0.2) is 4.39 Å². The van der Waals surface area contributed by atoms with Gasteiger partial charge in [0.05, 0.1) is 12.1 Å². The van der Waals surface area contributed by atoms with Gasteiger partial charge in [0, 0.05) is 18.5 Å². The van der Waals surface area contributed by atoms with E-state index in [1.807, 2.05) is 19.1 Å². The molecule has 0 aliphatic rings. The fraction of sp³-hybridized carbons (Fsp3) is 0.250.